The van der Waals surface area contributed by atoms with Gasteiger partial charge >= 0.3 is 0 Å². The summed E-state index contributed by atoms with van der Waals surface area (Å²) in [6.45, 7) is -0.533. The fraction of sp³-hybridized carbons (Fsp3) is 0.111. The number of hydrogen-bond donors (Lipinski definition) is 3. The number of benzene rings is 1. The minimum Gasteiger partial charge on any atom is -0.502 e. The van der Waals surface area contributed by atoms with E-state index in [4.69, 9.17) is 4.42 Å². The van der Waals surface area contributed by atoms with E-state index in [-0.39, 0.29) is 17.2 Å². The van der Waals surface area contributed by atoms with Crippen LogP contribution >= 0.6 is 0 Å². The minimum absolute atomic E-state index is 0.0328. The lowest BCUT2D eigenvalue weighted by Crippen LogP contribution is -2.17. The van der Waals surface area contributed by atoms with Crippen molar-refractivity contribution in [2.75, 3.05) is 5.32 Å². The summed E-state index contributed by atoms with van der Waals surface area (Å²) in [5.41, 5.74) is -0.0922. The molecule has 0 amide bonds. The second-order valence-corrected chi connectivity index (χ2v) is 5.59. The van der Waals surface area contributed by atoms with Crippen LogP contribution in [0.4, 0.5) is 11.4 Å². The fourth-order valence-corrected chi connectivity index (χ4v) is 2.53. The van der Waals surface area contributed by atoms with Crippen LogP contribution in [0.1, 0.15) is 23.3 Å². The van der Waals surface area contributed by atoms with Crippen molar-refractivity contribution in [3.63, 3.8) is 0 Å². The number of hydrogen-bond acceptors (Lipinski definition) is 8. The largest absolute Gasteiger partial charge is 0.502 e. The first-order chi connectivity index (χ1) is 13.0. The Bertz CT molecular complexity index is 1020. The zero-order chi connectivity index (χ0) is 19.4. The Kier molecular flexibility index (Phi) is 5.13. The van der Waals surface area contributed by atoms with Gasteiger partial charge in [0.2, 0.25) is 11.2 Å². The molecule has 3 aromatic rings. The third-order valence-corrected chi connectivity index (χ3v) is 3.77. The summed E-state index contributed by atoms with van der Waals surface area (Å²) in [5.74, 6) is -0.827. The second-order valence-electron chi connectivity index (χ2n) is 5.59. The number of non-ortho nitro benzene ring substituents is 1. The molecule has 0 aliphatic rings. The van der Waals surface area contributed by atoms with E-state index in [9.17, 15) is 25.1 Å². The summed E-state index contributed by atoms with van der Waals surface area (Å²) in [5, 5.41) is 33.5. The van der Waals surface area contributed by atoms with E-state index in [1.54, 1.807) is 24.3 Å². The topological polar surface area (TPSA) is 139 Å². The lowest BCUT2D eigenvalue weighted by atomic mass is 10.1. The molecule has 3 rings (SSSR count). The molecule has 0 aliphatic heterocycles. The van der Waals surface area contributed by atoms with E-state index >= 15 is 0 Å². The first kappa shape index (κ1) is 18.1. The number of anilines is 1. The highest BCUT2D eigenvalue weighted by Gasteiger charge is 2.25. The Morgan fingerprint density at radius 2 is 2.04 bits per heavy atom. The van der Waals surface area contributed by atoms with Crippen LogP contribution in [0.25, 0.3) is 0 Å². The molecule has 3 N–H and O–H groups in total. The zero-order valence-corrected chi connectivity index (χ0v) is 13.9. The predicted molar refractivity (Wildman–Crippen MR) is 95.4 cm³/mol. The van der Waals surface area contributed by atoms with Gasteiger partial charge in [-0.2, -0.15) is 0 Å². The minimum atomic E-state index is -0.924. The Hall–Kier alpha value is -3.72. The molecule has 0 bridgehead atoms. The smallest absolute Gasteiger partial charge is 0.271 e. The molecule has 0 spiro atoms. The number of nitro benzene ring substituents is 1. The maximum Gasteiger partial charge on any atom is 0.271 e. The van der Waals surface area contributed by atoms with Crippen LogP contribution in [0.2, 0.25) is 0 Å². The molecule has 2 aromatic heterocycles. The molecular formula is C18H15N3O6. The molecule has 27 heavy (non-hydrogen) atoms. The molecule has 1 aromatic carbocycles. The molecule has 0 unspecified atom stereocenters. The summed E-state index contributed by atoms with van der Waals surface area (Å²) < 4.78 is 5.47. The van der Waals surface area contributed by atoms with E-state index in [1.807, 2.05) is 0 Å². The molecule has 0 fully saturated rings. The van der Waals surface area contributed by atoms with Gasteiger partial charge in [-0.25, -0.2) is 0 Å². The van der Waals surface area contributed by atoms with Crippen molar-refractivity contribution in [2.24, 2.45) is 0 Å². The van der Waals surface area contributed by atoms with Gasteiger partial charge in [-0.05, 0) is 18.2 Å². The van der Waals surface area contributed by atoms with Crippen LogP contribution in [0.15, 0.2) is 63.9 Å². The summed E-state index contributed by atoms with van der Waals surface area (Å²) in [6.07, 6.45) is 1.52. The number of nitrogens with zero attached hydrogens (tertiary/aromatic N) is 2. The standard InChI is InChI=1S/C18H15N3O6/c22-10-13-9-15(23)17(24)18(27-13)16(14-6-1-2-7-19-14)20-11-4-3-5-12(8-11)21(25)26/h1-9,16,20,22,24H,10H2/t16-/m0/s1. The first-order valence-electron chi connectivity index (χ1n) is 7.88. The quantitative estimate of drug-likeness (QED) is 0.444. The van der Waals surface area contributed by atoms with Gasteiger partial charge in [0.1, 0.15) is 18.4 Å². The number of nitro groups is 1. The van der Waals surface area contributed by atoms with Crippen molar-refractivity contribution in [1.29, 1.82) is 0 Å². The highest BCUT2D eigenvalue weighted by atomic mass is 16.6. The average Bonchev–Trinajstić information content (AvgIpc) is 2.69. The van der Waals surface area contributed by atoms with Crippen molar-refractivity contribution in [2.45, 2.75) is 12.6 Å². The van der Waals surface area contributed by atoms with Crippen molar-refractivity contribution >= 4 is 11.4 Å². The molecular weight excluding hydrogens is 354 g/mol. The molecule has 138 valence electrons. The van der Waals surface area contributed by atoms with E-state index < -0.39 is 28.8 Å². The van der Waals surface area contributed by atoms with E-state index in [1.165, 1.54) is 24.4 Å². The predicted octanol–water partition coefficient (Wildman–Crippen LogP) is 2.34. The molecule has 1 atom stereocenters. The number of nitrogens with one attached hydrogen (secondary N) is 1. The Morgan fingerprint density at radius 3 is 2.70 bits per heavy atom. The SMILES string of the molecule is O=c1cc(CO)oc([C@@H](Nc2cccc([N+](=O)[O-])c2)c2ccccn2)c1O. The molecule has 2 heterocycles. The van der Waals surface area contributed by atoms with Crippen LogP contribution in [-0.4, -0.2) is 20.1 Å². The summed E-state index contributed by atoms with van der Waals surface area (Å²) in [6, 6.07) is 10.8. The lowest BCUT2D eigenvalue weighted by molar-refractivity contribution is -0.384. The monoisotopic (exact) mass is 369 g/mol. The highest BCUT2D eigenvalue weighted by Crippen LogP contribution is 2.31. The maximum atomic E-state index is 12.0. The van der Waals surface area contributed by atoms with Gasteiger partial charge in [-0.1, -0.05) is 12.1 Å². The number of aliphatic hydroxyl groups excluding tert-OH is 1. The van der Waals surface area contributed by atoms with Crippen molar-refractivity contribution < 1.29 is 19.6 Å². The fourth-order valence-electron chi connectivity index (χ4n) is 2.53. The Balaban J connectivity index is 2.11. The van der Waals surface area contributed by atoms with E-state index in [0.29, 0.717) is 11.4 Å². The van der Waals surface area contributed by atoms with Crippen LogP contribution in [0, 0.1) is 10.1 Å². The van der Waals surface area contributed by atoms with Crippen LogP contribution < -0.4 is 10.7 Å². The molecule has 0 radical (unpaired) electrons. The zero-order valence-electron chi connectivity index (χ0n) is 13.9. The van der Waals surface area contributed by atoms with Gasteiger partial charge in [-0.15, -0.1) is 0 Å². The van der Waals surface area contributed by atoms with E-state index in [2.05, 4.69) is 10.3 Å². The maximum absolute atomic E-state index is 12.0. The normalized spacial score (nSPS) is 11.7. The van der Waals surface area contributed by atoms with Gasteiger partial charge in [0.25, 0.3) is 5.69 Å². The van der Waals surface area contributed by atoms with E-state index in [0.717, 1.165) is 6.07 Å². The first-order valence-corrected chi connectivity index (χ1v) is 7.88. The Morgan fingerprint density at radius 1 is 1.22 bits per heavy atom. The van der Waals surface area contributed by atoms with Gasteiger partial charge in [-0.3, -0.25) is 19.9 Å². The number of aliphatic hydroxyl groups is 1. The van der Waals surface area contributed by atoms with Crippen molar-refractivity contribution in [1.82, 2.24) is 4.98 Å². The third-order valence-electron chi connectivity index (χ3n) is 3.77. The van der Waals surface area contributed by atoms with Crippen molar-refractivity contribution in [3.05, 3.63) is 92.3 Å². The van der Waals surface area contributed by atoms with Crippen molar-refractivity contribution in [3.8, 4) is 5.75 Å². The van der Waals surface area contributed by atoms with Crippen LogP contribution in [-0.2, 0) is 6.61 Å². The Labute approximate surface area is 152 Å². The molecule has 9 nitrogen and oxygen atoms in total. The number of aromatic hydroxyl groups is 1. The second kappa shape index (κ2) is 7.67. The highest BCUT2D eigenvalue weighted by molar-refractivity contribution is 5.54. The summed E-state index contributed by atoms with van der Waals surface area (Å²) >= 11 is 0. The number of rotatable bonds is 6. The van der Waals surface area contributed by atoms with Gasteiger partial charge in [0.05, 0.1) is 10.6 Å². The third kappa shape index (κ3) is 3.93. The van der Waals surface area contributed by atoms with Gasteiger partial charge in [0, 0.05) is 30.1 Å². The molecule has 0 aliphatic carbocycles. The van der Waals surface area contributed by atoms with Crippen LogP contribution in [0.5, 0.6) is 5.75 Å². The molecule has 9 heteroatoms. The lowest BCUT2D eigenvalue weighted by Gasteiger charge is -2.19. The summed E-state index contributed by atoms with van der Waals surface area (Å²) in [4.78, 5) is 26.7. The average molecular weight is 369 g/mol. The summed E-state index contributed by atoms with van der Waals surface area (Å²) in [7, 11) is 0. The number of pyridine rings is 1. The molecule has 0 saturated carbocycles. The van der Waals surface area contributed by atoms with Gasteiger partial charge in [0.15, 0.2) is 5.76 Å². The molecule has 0 saturated heterocycles. The van der Waals surface area contributed by atoms with Gasteiger partial charge < -0.3 is 19.9 Å². The van der Waals surface area contributed by atoms with Crippen LogP contribution in [0.3, 0.4) is 0 Å². The number of aromatic nitrogens is 1.